The molecule has 1 unspecified atom stereocenters. The molecule has 2 N–H and O–H groups in total. The monoisotopic (exact) mass is 215 g/mol. The second-order valence-electron chi connectivity index (χ2n) is 4.39. The molecule has 0 amide bonds. The van der Waals surface area contributed by atoms with Crippen molar-refractivity contribution < 1.29 is 14.6 Å². The Hall–Kier alpha value is -0.610. The van der Waals surface area contributed by atoms with Crippen molar-refractivity contribution in [3.8, 4) is 0 Å². The summed E-state index contributed by atoms with van der Waals surface area (Å²) < 4.78 is 5.20. The zero-order valence-corrected chi connectivity index (χ0v) is 9.58. The van der Waals surface area contributed by atoms with Gasteiger partial charge in [0, 0.05) is 13.2 Å². The lowest BCUT2D eigenvalue weighted by atomic mass is 9.89. The molecule has 1 rings (SSSR count). The predicted octanol–water partition coefficient (Wildman–Crippen LogP) is 1.26. The van der Waals surface area contributed by atoms with Crippen LogP contribution in [0.4, 0.5) is 0 Å². The standard InChI is InChI=1S/C11H21NO3/c1-3-9(2)8-12-11(10(13)14)4-6-15-7-5-11/h9,12H,3-8H2,1-2H3,(H,13,14). The summed E-state index contributed by atoms with van der Waals surface area (Å²) in [5, 5.41) is 12.5. The molecule has 88 valence electrons. The SMILES string of the molecule is CCC(C)CNC1(C(=O)O)CCOCC1. The van der Waals surface area contributed by atoms with Gasteiger partial charge in [0.1, 0.15) is 5.54 Å². The fourth-order valence-corrected chi connectivity index (χ4v) is 1.70. The normalized spacial score (nSPS) is 22.3. The predicted molar refractivity (Wildman–Crippen MR) is 57.9 cm³/mol. The summed E-state index contributed by atoms with van der Waals surface area (Å²) in [6.45, 7) is 6.09. The van der Waals surface area contributed by atoms with E-state index >= 15 is 0 Å². The highest BCUT2D eigenvalue weighted by Crippen LogP contribution is 2.21. The molecule has 0 aromatic carbocycles. The summed E-state index contributed by atoms with van der Waals surface area (Å²) in [4.78, 5) is 11.3. The number of rotatable bonds is 5. The summed E-state index contributed by atoms with van der Waals surface area (Å²) in [6, 6.07) is 0. The van der Waals surface area contributed by atoms with Crippen LogP contribution in [0.3, 0.4) is 0 Å². The average molecular weight is 215 g/mol. The molecule has 1 aliphatic rings. The van der Waals surface area contributed by atoms with Crippen molar-refractivity contribution >= 4 is 5.97 Å². The highest BCUT2D eigenvalue weighted by molar-refractivity contribution is 5.78. The van der Waals surface area contributed by atoms with Gasteiger partial charge in [-0.3, -0.25) is 4.79 Å². The first-order valence-corrected chi connectivity index (χ1v) is 5.67. The van der Waals surface area contributed by atoms with Crippen LogP contribution < -0.4 is 5.32 Å². The number of hydrogen-bond donors (Lipinski definition) is 2. The minimum absolute atomic E-state index is 0.518. The number of nitrogens with one attached hydrogen (secondary N) is 1. The highest BCUT2D eigenvalue weighted by atomic mass is 16.5. The maximum absolute atomic E-state index is 11.3. The van der Waals surface area contributed by atoms with E-state index in [-0.39, 0.29) is 0 Å². The quantitative estimate of drug-likeness (QED) is 0.724. The Kier molecular flexibility index (Phi) is 4.54. The van der Waals surface area contributed by atoms with Gasteiger partial charge in [-0.05, 0) is 25.3 Å². The van der Waals surface area contributed by atoms with Gasteiger partial charge in [0.15, 0.2) is 0 Å². The molecule has 4 nitrogen and oxygen atoms in total. The molecule has 1 heterocycles. The maximum atomic E-state index is 11.3. The Bertz CT molecular complexity index is 212. The van der Waals surface area contributed by atoms with Crippen molar-refractivity contribution in [1.29, 1.82) is 0 Å². The third kappa shape index (κ3) is 3.18. The Morgan fingerprint density at radius 1 is 1.53 bits per heavy atom. The van der Waals surface area contributed by atoms with Crippen LogP contribution in [-0.4, -0.2) is 36.4 Å². The van der Waals surface area contributed by atoms with Crippen molar-refractivity contribution in [3.63, 3.8) is 0 Å². The lowest BCUT2D eigenvalue weighted by Crippen LogP contribution is -2.56. The zero-order chi connectivity index (χ0) is 11.3. The summed E-state index contributed by atoms with van der Waals surface area (Å²) >= 11 is 0. The third-order valence-corrected chi connectivity index (χ3v) is 3.24. The van der Waals surface area contributed by atoms with Gasteiger partial charge >= 0.3 is 5.97 Å². The second-order valence-corrected chi connectivity index (χ2v) is 4.39. The van der Waals surface area contributed by atoms with Gasteiger partial charge < -0.3 is 15.2 Å². The minimum atomic E-state index is -0.748. The fraction of sp³-hybridized carbons (Fsp3) is 0.909. The van der Waals surface area contributed by atoms with Crippen LogP contribution in [0.25, 0.3) is 0 Å². The molecule has 1 aliphatic heterocycles. The molecule has 0 radical (unpaired) electrons. The number of carbonyl (C=O) groups is 1. The molecule has 0 aromatic rings. The lowest BCUT2D eigenvalue weighted by molar-refractivity contribution is -0.149. The first-order valence-electron chi connectivity index (χ1n) is 5.67. The van der Waals surface area contributed by atoms with Crippen molar-refractivity contribution in [2.24, 2.45) is 5.92 Å². The van der Waals surface area contributed by atoms with Gasteiger partial charge in [0.2, 0.25) is 0 Å². The molecule has 0 spiro atoms. The van der Waals surface area contributed by atoms with Gasteiger partial charge in [0.25, 0.3) is 0 Å². The zero-order valence-electron chi connectivity index (χ0n) is 9.58. The third-order valence-electron chi connectivity index (χ3n) is 3.24. The summed E-state index contributed by atoms with van der Waals surface area (Å²) in [5.74, 6) is -0.224. The van der Waals surface area contributed by atoms with E-state index in [4.69, 9.17) is 4.74 Å². The average Bonchev–Trinajstić information content (AvgIpc) is 2.27. The molecule has 4 heteroatoms. The van der Waals surface area contributed by atoms with E-state index in [2.05, 4.69) is 19.2 Å². The Morgan fingerprint density at radius 3 is 2.60 bits per heavy atom. The number of aliphatic carboxylic acids is 1. The molecule has 0 aromatic heterocycles. The second kappa shape index (κ2) is 5.47. The summed E-state index contributed by atoms with van der Waals surface area (Å²) in [7, 11) is 0. The number of hydrogen-bond acceptors (Lipinski definition) is 3. The van der Waals surface area contributed by atoms with Crippen LogP contribution in [-0.2, 0) is 9.53 Å². The largest absolute Gasteiger partial charge is 0.480 e. The molecule has 0 bridgehead atoms. The van der Waals surface area contributed by atoms with Gasteiger partial charge in [0.05, 0.1) is 0 Å². The minimum Gasteiger partial charge on any atom is -0.480 e. The molecule has 0 aliphatic carbocycles. The van der Waals surface area contributed by atoms with E-state index < -0.39 is 11.5 Å². The molecule has 0 saturated carbocycles. The van der Waals surface area contributed by atoms with E-state index in [9.17, 15) is 9.90 Å². The van der Waals surface area contributed by atoms with Gasteiger partial charge in [-0.2, -0.15) is 0 Å². The fourth-order valence-electron chi connectivity index (χ4n) is 1.70. The van der Waals surface area contributed by atoms with Crippen LogP contribution in [0.15, 0.2) is 0 Å². The van der Waals surface area contributed by atoms with Crippen molar-refractivity contribution in [3.05, 3.63) is 0 Å². The Balaban J connectivity index is 2.53. The number of carboxylic acid groups (broad SMARTS) is 1. The van der Waals surface area contributed by atoms with Crippen LogP contribution in [0.1, 0.15) is 33.1 Å². The summed E-state index contributed by atoms with van der Waals surface area (Å²) in [5.41, 5.74) is -0.748. The number of ether oxygens (including phenoxy) is 1. The van der Waals surface area contributed by atoms with Crippen molar-refractivity contribution in [2.75, 3.05) is 19.8 Å². The molecule has 15 heavy (non-hydrogen) atoms. The first kappa shape index (κ1) is 12.5. The molecular weight excluding hydrogens is 194 g/mol. The van der Waals surface area contributed by atoms with Crippen LogP contribution >= 0.6 is 0 Å². The van der Waals surface area contributed by atoms with Gasteiger partial charge in [-0.25, -0.2) is 0 Å². The van der Waals surface area contributed by atoms with E-state index in [0.29, 0.717) is 32.0 Å². The first-order chi connectivity index (χ1) is 7.10. The summed E-state index contributed by atoms with van der Waals surface area (Å²) in [6.07, 6.45) is 2.21. The smallest absolute Gasteiger partial charge is 0.324 e. The van der Waals surface area contributed by atoms with Gasteiger partial charge in [-0.15, -0.1) is 0 Å². The van der Waals surface area contributed by atoms with Gasteiger partial charge in [-0.1, -0.05) is 20.3 Å². The molecule has 1 fully saturated rings. The molecular formula is C11H21NO3. The van der Waals surface area contributed by atoms with Crippen LogP contribution in [0.5, 0.6) is 0 Å². The topological polar surface area (TPSA) is 58.6 Å². The Morgan fingerprint density at radius 2 is 2.13 bits per heavy atom. The van der Waals surface area contributed by atoms with E-state index in [1.54, 1.807) is 0 Å². The lowest BCUT2D eigenvalue weighted by Gasteiger charge is -2.34. The van der Waals surface area contributed by atoms with Crippen molar-refractivity contribution in [2.45, 2.75) is 38.6 Å². The Labute approximate surface area is 91.0 Å². The van der Waals surface area contributed by atoms with Crippen LogP contribution in [0, 0.1) is 5.92 Å². The molecule has 1 atom stereocenters. The van der Waals surface area contributed by atoms with Crippen molar-refractivity contribution in [1.82, 2.24) is 5.32 Å². The maximum Gasteiger partial charge on any atom is 0.324 e. The van der Waals surface area contributed by atoms with E-state index in [1.165, 1.54) is 0 Å². The number of carboxylic acids is 1. The van der Waals surface area contributed by atoms with E-state index in [1.807, 2.05) is 0 Å². The highest BCUT2D eigenvalue weighted by Gasteiger charge is 2.39. The van der Waals surface area contributed by atoms with E-state index in [0.717, 1.165) is 13.0 Å². The van der Waals surface area contributed by atoms with Crippen LogP contribution in [0.2, 0.25) is 0 Å². The molecule has 1 saturated heterocycles.